The van der Waals surface area contributed by atoms with Gasteiger partial charge in [0.2, 0.25) is 0 Å². The molecule has 0 radical (unpaired) electrons. The summed E-state index contributed by atoms with van der Waals surface area (Å²) in [6.07, 6.45) is 3.23. The van der Waals surface area contributed by atoms with Gasteiger partial charge in [0, 0.05) is 32.6 Å². The Bertz CT molecular complexity index is 1310. The highest BCUT2D eigenvalue weighted by molar-refractivity contribution is 6.00. The molecule has 0 fully saturated rings. The number of benzene rings is 1. The molecule has 0 saturated heterocycles. The van der Waals surface area contributed by atoms with Gasteiger partial charge in [-0.25, -0.2) is 9.67 Å². The number of hydrogen-bond acceptors (Lipinski definition) is 6. The summed E-state index contributed by atoms with van der Waals surface area (Å²) >= 11 is 0. The summed E-state index contributed by atoms with van der Waals surface area (Å²) in [7, 11) is 5.00. The number of carbonyl (C=O) groups excluding carboxylic acids is 2. The molecule has 4 rings (SSSR count). The topological polar surface area (TPSA) is 86.6 Å². The predicted molar refractivity (Wildman–Crippen MR) is 142 cm³/mol. The van der Waals surface area contributed by atoms with Crippen molar-refractivity contribution in [2.45, 2.75) is 47.0 Å². The van der Waals surface area contributed by atoms with Crippen LogP contribution < -0.4 is 9.47 Å². The SMILES string of the molecule is COc1ccc(Cc2nn(-c3ccc(C(=O)N(C)CC(C)C)cn3)c3c2C(=O)CC(C)(C)C3)cc1OC. The van der Waals surface area contributed by atoms with Crippen molar-refractivity contribution in [3.05, 3.63) is 64.6 Å². The number of hydrogen-bond donors (Lipinski definition) is 0. The Morgan fingerprint density at radius 2 is 1.84 bits per heavy atom. The lowest BCUT2D eigenvalue weighted by Crippen LogP contribution is -2.30. The third-order valence-electron chi connectivity index (χ3n) is 6.63. The highest BCUT2D eigenvalue weighted by atomic mass is 16.5. The molecule has 1 aromatic carbocycles. The van der Waals surface area contributed by atoms with Crippen LogP contribution in [0.3, 0.4) is 0 Å². The second-order valence-electron chi connectivity index (χ2n) is 11.0. The number of methoxy groups -OCH3 is 2. The van der Waals surface area contributed by atoms with Gasteiger partial charge in [-0.1, -0.05) is 33.8 Å². The number of rotatable bonds is 8. The minimum Gasteiger partial charge on any atom is -0.493 e. The molecule has 0 atom stereocenters. The predicted octanol–water partition coefficient (Wildman–Crippen LogP) is 4.76. The van der Waals surface area contributed by atoms with E-state index in [1.54, 1.807) is 49.2 Å². The molecule has 1 amide bonds. The molecule has 196 valence electrons. The van der Waals surface area contributed by atoms with Gasteiger partial charge in [0.1, 0.15) is 0 Å². The van der Waals surface area contributed by atoms with Crippen LogP contribution in [0.4, 0.5) is 0 Å². The van der Waals surface area contributed by atoms with Crippen LogP contribution in [0.25, 0.3) is 5.82 Å². The highest BCUT2D eigenvalue weighted by Gasteiger charge is 2.37. The van der Waals surface area contributed by atoms with E-state index in [4.69, 9.17) is 14.6 Å². The molecule has 0 bridgehead atoms. The van der Waals surface area contributed by atoms with E-state index in [1.165, 1.54) is 0 Å². The van der Waals surface area contributed by atoms with E-state index in [-0.39, 0.29) is 17.1 Å². The molecular formula is C29H36N4O4. The summed E-state index contributed by atoms with van der Waals surface area (Å²) in [6.45, 7) is 9.02. The van der Waals surface area contributed by atoms with Crippen LogP contribution in [0.15, 0.2) is 36.5 Å². The molecule has 0 unspecified atom stereocenters. The molecular weight excluding hydrogens is 468 g/mol. The number of carbonyl (C=O) groups is 2. The molecule has 0 N–H and O–H groups in total. The van der Waals surface area contributed by atoms with Crippen molar-refractivity contribution >= 4 is 11.7 Å². The average molecular weight is 505 g/mol. The van der Waals surface area contributed by atoms with Gasteiger partial charge in [0.25, 0.3) is 5.91 Å². The molecule has 2 aromatic heterocycles. The van der Waals surface area contributed by atoms with Crippen LogP contribution in [-0.2, 0) is 12.8 Å². The molecule has 37 heavy (non-hydrogen) atoms. The lowest BCUT2D eigenvalue weighted by Gasteiger charge is -2.29. The number of fused-ring (bicyclic) bond motifs is 1. The maximum absolute atomic E-state index is 13.3. The molecule has 1 aliphatic rings. The van der Waals surface area contributed by atoms with Crippen LogP contribution in [0, 0.1) is 11.3 Å². The second kappa shape index (κ2) is 10.4. The Balaban J connectivity index is 1.72. The molecule has 0 spiro atoms. The zero-order valence-electron chi connectivity index (χ0n) is 22.8. The average Bonchev–Trinajstić information content (AvgIpc) is 3.20. The van der Waals surface area contributed by atoms with Crippen molar-refractivity contribution < 1.29 is 19.1 Å². The summed E-state index contributed by atoms with van der Waals surface area (Å²) < 4.78 is 12.6. The van der Waals surface area contributed by atoms with Crippen molar-refractivity contribution in [1.82, 2.24) is 19.7 Å². The number of ketones is 1. The van der Waals surface area contributed by atoms with Crippen LogP contribution in [0.5, 0.6) is 11.5 Å². The highest BCUT2D eigenvalue weighted by Crippen LogP contribution is 2.38. The molecule has 3 aromatic rings. The largest absolute Gasteiger partial charge is 0.493 e. The quantitative estimate of drug-likeness (QED) is 0.440. The first-order valence-electron chi connectivity index (χ1n) is 12.6. The van der Waals surface area contributed by atoms with Gasteiger partial charge in [0.05, 0.1) is 36.7 Å². The van der Waals surface area contributed by atoms with E-state index in [1.807, 2.05) is 18.2 Å². The summed E-state index contributed by atoms with van der Waals surface area (Å²) in [5.74, 6) is 2.26. The number of amides is 1. The Kier molecular flexibility index (Phi) is 7.39. The zero-order valence-corrected chi connectivity index (χ0v) is 22.8. The summed E-state index contributed by atoms with van der Waals surface area (Å²) in [5, 5.41) is 4.89. The molecule has 1 aliphatic carbocycles. The van der Waals surface area contributed by atoms with Gasteiger partial charge in [-0.15, -0.1) is 0 Å². The van der Waals surface area contributed by atoms with Crippen LogP contribution >= 0.6 is 0 Å². The molecule has 8 nitrogen and oxygen atoms in total. The van der Waals surface area contributed by atoms with Crippen molar-refractivity contribution in [2.24, 2.45) is 11.3 Å². The number of pyridine rings is 1. The van der Waals surface area contributed by atoms with Gasteiger partial charge >= 0.3 is 0 Å². The molecule has 8 heteroatoms. The summed E-state index contributed by atoms with van der Waals surface area (Å²) in [6, 6.07) is 9.30. The summed E-state index contributed by atoms with van der Waals surface area (Å²) in [5.41, 5.74) is 3.55. The minimum absolute atomic E-state index is 0.0688. The van der Waals surface area contributed by atoms with Crippen molar-refractivity contribution in [3.8, 4) is 17.3 Å². The fourth-order valence-corrected chi connectivity index (χ4v) is 5.01. The first-order chi connectivity index (χ1) is 17.5. The second-order valence-corrected chi connectivity index (χ2v) is 11.0. The lowest BCUT2D eigenvalue weighted by atomic mass is 9.75. The molecule has 2 heterocycles. The maximum atomic E-state index is 13.3. The fourth-order valence-electron chi connectivity index (χ4n) is 5.01. The van der Waals surface area contributed by atoms with Crippen LogP contribution in [-0.4, -0.2) is 59.2 Å². The zero-order chi connectivity index (χ0) is 26.9. The van der Waals surface area contributed by atoms with E-state index in [0.29, 0.717) is 65.9 Å². The van der Waals surface area contributed by atoms with Gasteiger partial charge < -0.3 is 14.4 Å². The first-order valence-corrected chi connectivity index (χ1v) is 12.6. The lowest BCUT2D eigenvalue weighted by molar-refractivity contribution is 0.0778. The van der Waals surface area contributed by atoms with E-state index in [2.05, 4.69) is 32.7 Å². The number of aromatic nitrogens is 3. The first kappa shape index (κ1) is 26.4. The summed E-state index contributed by atoms with van der Waals surface area (Å²) in [4.78, 5) is 32.4. The van der Waals surface area contributed by atoms with E-state index in [9.17, 15) is 9.59 Å². The fraction of sp³-hybridized carbons (Fsp3) is 0.448. The third kappa shape index (κ3) is 5.53. The molecule has 0 saturated carbocycles. The van der Waals surface area contributed by atoms with Gasteiger partial charge in [-0.3, -0.25) is 9.59 Å². The maximum Gasteiger partial charge on any atom is 0.255 e. The number of nitrogens with zero attached hydrogens (tertiary/aromatic N) is 4. The molecule has 0 aliphatic heterocycles. The van der Waals surface area contributed by atoms with E-state index >= 15 is 0 Å². The van der Waals surface area contributed by atoms with Crippen molar-refractivity contribution in [3.63, 3.8) is 0 Å². The van der Waals surface area contributed by atoms with E-state index < -0.39 is 0 Å². The number of Topliss-reactive ketones (excluding diaryl/α,β-unsaturated/α-hetero) is 1. The minimum atomic E-state index is -0.183. The van der Waals surface area contributed by atoms with Gasteiger partial charge in [-0.2, -0.15) is 5.10 Å². The van der Waals surface area contributed by atoms with E-state index in [0.717, 1.165) is 11.3 Å². The number of ether oxygens (including phenoxy) is 2. The van der Waals surface area contributed by atoms with Gasteiger partial charge in [0.15, 0.2) is 23.1 Å². The van der Waals surface area contributed by atoms with Crippen molar-refractivity contribution in [2.75, 3.05) is 27.8 Å². The Morgan fingerprint density at radius 1 is 1.11 bits per heavy atom. The monoisotopic (exact) mass is 504 g/mol. The Labute approximate surface area is 218 Å². The van der Waals surface area contributed by atoms with Crippen LogP contribution in [0.2, 0.25) is 0 Å². The van der Waals surface area contributed by atoms with Crippen LogP contribution in [0.1, 0.15) is 71.8 Å². The smallest absolute Gasteiger partial charge is 0.255 e. The van der Waals surface area contributed by atoms with Crippen molar-refractivity contribution in [1.29, 1.82) is 0 Å². The normalized spacial score (nSPS) is 14.4. The Morgan fingerprint density at radius 3 is 2.46 bits per heavy atom. The standard InChI is InChI=1S/C29H36N4O4/c1-18(2)17-32(5)28(35)20-9-11-26(30-16-20)33-22-14-29(3,4)15-23(34)27(22)21(31-33)12-19-8-10-24(36-6)25(13-19)37-7/h8-11,13,16,18H,12,14-15,17H2,1-7H3. The van der Waals surface area contributed by atoms with Gasteiger partial charge in [-0.05, 0) is 47.6 Å². The Hall–Kier alpha value is -3.68. The third-order valence-corrected chi connectivity index (χ3v) is 6.63.